The molecule has 0 saturated heterocycles. The third-order valence-electron chi connectivity index (χ3n) is 4.19. The van der Waals surface area contributed by atoms with Crippen LogP contribution in [0.5, 0.6) is 0 Å². The lowest BCUT2D eigenvalue weighted by molar-refractivity contribution is -0.138. The number of nitrogens with one attached hydrogen (secondary N) is 1. The fourth-order valence-electron chi connectivity index (χ4n) is 2.55. The highest BCUT2D eigenvalue weighted by Gasteiger charge is 2.26. The molecule has 0 bridgehead atoms. The Balaban J connectivity index is 2.13. The number of carbonyl (C=O) groups is 2. The van der Waals surface area contributed by atoms with E-state index in [1.54, 1.807) is 37.3 Å². The summed E-state index contributed by atoms with van der Waals surface area (Å²) in [5.74, 6) is -0.737. The van der Waals surface area contributed by atoms with Crippen LogP contribution < -0.4 is 5.32 Å². The summed E-state index contributed by atoms with van der Waals surface area (Å²) in [6.07, 6.45) is 0.798. The second-order valence-electron chi connectivity index (χ2n) is 6.32. The summed E-state index contributed by atoms with van der Waals surface area (Å²) >= 11 is 7.24. The van der Waals surface area contributed by atoms with Crippen molar-refractivity contribution in [2.75, 3.05) is 12.3 Å². The van der Waals surface area contributed by atoms with Gasteiger partial charge in [-0.15, -0.1) is 11.8 Å². The third kappa shape index (κ3) is 6.53. The molecule has 1 N–H and O–H groups in total. The maximum absolute atomic E-state index is 14.1. The minimum Gasteiger partial charge on any atom is -0.354 e. The fraction of sp³-hybridized carbons (Fsp3) is 0.333. The van der Waals surface area contributed by atoms with Crippen LogP contribution in [0.4, 0.5) is 4.39 Å². The van der Waals surface area contributed by atoms with Gasteiger partial charge in [0, 0.05) is 28.6 Å². The molecular weight excluding hydrogens is 399 g/mol. The van der Waals surface area contributed by atoms with Crippen LogP contribution >= 0.6 is 23.4 Å². The SMILES string of the molecule is CCCNC(=O)C(C)N(Cc1ccccc1F)C(=O)CSc1ccc(Cl)cc1. The maximum Gasteiger partial charge on any atom is 0.242 e. The van der Waals surface area contributed by atoms with E-state index in [9.17, 15) is 14.0 Å². The van der Waals surface area contributed by atoms with E-state index in [0.29, 0.717) is 17.1 Å². The molecule has 1 atom stereocenters. The van der Waals surface area contributed by atoms with Crippen molar-refractivity contribution < 1.29 is 14.0 Å². The number of hydrogen-bond acceptors (Lipinski definition) is 3. The first-order chi connectivity index (χ1) is 13.4. The Morgan fingerprint density at radius 3 is 2.50 bits per heavy atom. The summed E-state index contributed by atoms with van der Waals surface area (Å²) in [7, 11) is 0. The van der Waals surface area contributed by atoms with E-state index in [1.807, 2.05) is 19.1 Å². The maximum atomic E-state index is 14.1. The lowest BCUT2D eigenvalue weighted by Crippen LogP contribution is -2.48. The molecule has 0 radical (unpaired) electrons. The van der Waals surface area contributed by atoms with Crippen molar-refractivity contribution in [3.05, 3.63) is 64.9 Å². The van der Waals surface area contributed by atoms with Gasteiger partial charge in [0.1, 0.15) is 11.9 Å². The summed E-state index contributed by atoms with van der Waals surface area (Å²) in [6, 6.07) is 12.8. The van der Waals surface area contributed by atoms with Gasteiger partial charge in [0.2, 0.25) is 11.8 Å². The minimum atomic E-state index is -0.704. The van der Waals surface area contributed by atoms with Crippen LogP contribution in [0, 0.1) is 5.82 Å². The van der Waals surface area contributed by atoms with Crippen LogP contribution in [-0.2, 0) is 16.1 Å². The number of hydrogen-bond donors (Lipinski definition) is 1. The lowest BCUT2D eigenvalue weighted by Gasteiger charge is -2.29. The molecule has 2 rings (SSSR count). The molecule has 0 heterocycles. The van der Waals surface area contributed by atoms with Gasteiger partial charge < -0.3 is 10.2 Å². The monoisotopic (exact) mass is 422 g/mol. The highest BCUT2D eigenvalue weighted by Crippen LogP contribution is 2.22. The van der Waals surface area contributed by atoms with Crippen LogP contribution in [0.1, 0.15) is 25.8 Å². The number of rotatable bonds is 9. The van der Waals surface area contributed by atoms with Crippen LogP contribution in [0.15, 0.2) is 53.4 Å². The van der Waals surface area contributed by atoms with Crippen molar-refractivity contribution in [1.29, 1.82) is 0 Å². The summed E-state index contributed by atoms with van der Waals surface area (Å²) in [5.41, 5.74) is 0.377. The number of benzene rings is 2. The molecule has 7 heteroatoms. The summed E-state index contributed by atoms with van der Waals surface area (Å²) in [5, 5.41) is 3.42. The molecule has 0 aliphatic carbocycles. The lowest BCUT2D eigenvalue weighted by atomic mass is 10.1. The molecule has 0 aromatic heterocycles. The molecule has 150 valence electrons. The molecule has 28 heavy (non-hydrogen) atoms. The first-order valence-corrected chi connectivity index (χ1v) is 10.5. The van der Waals surface area contributed by atoms with Gasteiger partial charge in [0.25, 0.3) is 0 Å². The van der Waals surface area contributed by atoms with E-state index in [1.165, 1.54) is 22.7 Å². The molecular formula is C21H24ClFN2O2S. The Morgan fingerprint density at radius 2 is 1.86 bits per heavy atom. The van der Waals surface area contributed by atoms with Crippen molar-refractivity contribution in [3.63, 3.8) is 0 Å². The van der Waals surface area contributed by atoms with Crippen molar-refractivity contribution in [3.8, 4) is 0 Å². The van der Waals surface area contributed by atoms with Gasteiger partial charge in [-0.05, 0) is 43.7 Å². The van der Waals surface area contributed by atoms with Crippen molar-refractivity contribution in [2.45, 2.75) is 37.8 Å². The molecule has 0 spiro atoms. The Bertz CT molecular complexity index is 801. The summed E-state index contributed by atoms with van der Waals surface area (Å²) in [4.78, 5) is 27.6. The first-order valence-electron chi connectivity index (χ1n) is 9.11. The first kappa shape index (κ1) is 22.2. The molecule has 2 aromatic carbocycles. The van der Waals surface area contributed by atoms with Gasteiger partial charge in [0.15, 0.2) is 0 Å². The fourth-order valence-corrected chi connectivity index (χ4v) is 3.46. The van der Waals surface area contributed by atoms with E-state index in [-0.39, 0.29) is 24.1 Å². The van der Waals surface area contributed by atoms with Gasteiger partial charge in [-0.1, -0.05) is 36.7 Å². The molecule has 2 aromatic rings. The molecule has 1 unspecified atom stereocenters. The molecule has 0 aliphatic rings. The van der Waals surface area contributed by atoms with E-state index < -0.39 is 11.9 Å². The van der Waals surface area contributed by atoms with Crippen molar-refractivity contribution in [1.82, 2.24) is 10.2 Å². The number of thioether (sulfide) groups is 1. The zero-order valence-corrected chi connectivity index (χ0v) is 17.5. The van der Waals surface area contributed by atoms with E-state index in [4.69, 9.17) is 11.6 Å². The highest BCUT2D eigenvalue weighted by atomic mass is 35.5. The van der Waals surface area contributed by atoms with Crippen LogP contribution in [0.3, 0.4) is 0 Å². The van der Waals surface area contributed by atoms with E-state index in [2.05, 4.69) is 5.32 Å². The normalized spacial score (nSPS) is 11.7. The smallest absolute Gasteiger partial charge is 0.242 e. The third-order valence-corrected chi connectivity index (χ3v) is 5.44. The Labute approximate surface area is 174 Å². The van der Waals surface area contributed by atoms with Crippen LogP contribution in [-0.4, -0.2) is 35.1 Å². The zero-order chi connectivity index (χ0) is 20.5. The van der Waals surface area contributed by atoms with Gasteiger partial charge >= 0.3 is 0 Å². The molecule has 0 aliphatic heterocycles. The van der Waals surface area contributed by atoms with E-state index in [0.717, 1.165) is 11.3 Å². The predicted molar refractivity (Wildman–Crippen MR) is 112 cm³/mol. The number of halogens is 2. The summed E-state index contributed by atoms with van der Waals surface area (Å²) in [6.45, 7) is 4.19. The number of carbonyl (C=O) groups excluding carboxylic acids is 2. The van der Waals surface area contributed by atoms with Gasteiger partial charge in [-0.3, -0.25) is 9.59 Å². The van der Waals surface area contributed by atoms with Crippen LogP contribution in [0.2, 0.25) is 5.02 Å². The molecule has 2 amide bonds. The van der Waals surface area contributed by atoms with Gasteiger partial charge in [0.05, 0.1) is 5.75 Å². The minimum absolute atomic E-state index is 0.0351. The second kappa shape index (κ2) is 11.1. The molecule has 4 nitrogen and oxygen atoms in total. The average molecular weight is 423 g/mol. The Morgan fingerprint density at radius 1 is 1.18 bits per heavy atom. The Hall–Kier alpha value is -2.05. The van der Waals surface area contributed by atoms with Crippen molar-refractivity contribution in [2.24, 2.45) is 0 Å². The quantitative estimate of drug-likeness (QED) is 0.604. The standard InChI is InChI=1S/C21H24ClFN2O2S/c1-3-12-24-21(27)15(2)25(13-16-6-4-5-7-19(16)23)20(26)14-28-18-10-8-17(22)9-11-18/h4-11,15H,3,12-14H2,1-2H3,(H,24,27). The average Bonchev–Trinajstić information content (AvgIpc) is 2.70. The number of amides is 2. The number of nitrogens with zero attached hydrogens (tertiary/aromatic N) is 1. The van der Waals surface area contributed by atoms with Gasteiger partial charge in [-0.25, -0.2) is 4.39 Å². The second-order valence-corrected chi connectivity index (χ2v) is 7.81. The van der Waals surface area contributed by atoms with Crippen LogP contribution in [0.25, 0.3) is 0 Å². The summed E-state index contributed by atoms with van der Waals surface area (Å²) < 4.78 is 14.1. The predicted octanol–water partition coefficient (Wildman–Crippen LogP) is 4.51. The largest absolute Gasteiger partial charge is 0.354 e. The molecule has 0 saturated carbocycles. The zero-order valence-electron chi connectivity index (χ0n) is 16.0. The Kier molecular flexibility index (Phi) is 8.80. The molecule has 0 fully saturated rings. The highest BCUT2D eigenvalue weighted by molar-refractivity contribution is 8.00. The van der Waals surface area contributed by atoms with Crippen molar-refractivity contribution >= 4 is 35.2 Å². The topological polar surface area (TPSA) is 49.4 Å². The van der Waals surface area contributed by atoms with E-state index >= 15 is 0 Å². The van der Waals surface area contributed by atoms with Gasteiger partial charge in [-0.2, -0.15) is 0 Å².